The minimum atomic E-state index is -0.618. The molecule has 4 heteroatoms. The topological polar surface area (TPSA) is 57.0 Å². The zero-order valence-electron chi connectivity index (χ0n) is 9.89. The first-order valence-electron chi connectivity index (χ1n) is 5.79. The number of nitriles is 1. The van der Waals surface area contributed by atoms with E-state index >= 15 is 0 Å². The number of hydrogen-bond donors (Lipinski definition) is 0. The van der Waals surface area contributed by atoms with Crippen LogP contribution >= 0.6 is 0 Å². The van der Waals surface area contributed by atoms with Gasteiger partial charge in [0.25, 0.3) is 5.91 Å². The molecule has 0 radical (unpaired) electrons. The summed E-state index contributed by atoms with van der Waals surface area (Å²) in [7, 11) is 1.71. The molecule has 4 nitrogen and oxygen atoms in total. The molecule has 1 aromatic heterocycles. The maximum Gasteiger partial charge on any atom is 0.256 e. The fourth-order valence-electron chi connectivity index (χ4n) is 2.36. The van der Waals surface area contributed by atoms with E-state index in [4.69, 9.17) is 0 Å². The fraction of sp³-hybridized carbons (Fsp3) is 0.462. The van der Waals surface area contributed by atoms with Crippen LogP contribution in [0.15, 0.2) is 24.5 Å². The van der Waals surface area contributed by atoms with Crippen LogP contribution in [0.2, 0.25) is 0 Å². The standard InChI is InChI=1S/C13H15N3O/c1-16(13(10-14)6-2-3-7-13)12(17)11-5-4-8-15-9-11/h4-5,8-9H,2-3,6-7H2,1H3. The van der Waals surface area contributed by atoms with Crippen LogP contribution in [-0.4, -0.2) is 28.4 Å². The number of amides is 1. The summed E-state index contributed by atoms with van der Waals surface area (Å²) in [5, 5.41) is 9.32. The molecule has 2 rings (SSSR count). The van der Waals surface area contributed by atoms with Gasteiger partial charge in [-0.1, -0.05) is 0 Å². The average molecular weight is 229 g/mol. The lowest BCUT2D eigenvalue weighted by molar-refractivity contribution is 0.0662. The highest BCUT2D eigenvalue weighted by molar-refractivity contribution is 5.94. The summed E-state index contributed by atoms with van der Waals surface area (Å²) in [5.74, 6) is -0.124. The predicted molar refractivity (Wildman–Crippen MR) is 63.1 cm³/mol. The molecule has 1 saturated carbocycles. The molecule has 1 aliphatic rings. The van der Waals surface area contributed by atoms with Crippen molar-refractivity contribution in [2.75, 3.05) is 7.05 Å². The number of nitrogens with zero attached hydrogens (tertiary/aromatic N) is 3. The molecule has 0 saturated heterocycles. The Morgan fingerprint density at radius 1 is 1.53 bits per heavy atom. The summed E-state index contributed by atoms with van der Waals surface area (Å²) in [5.41, 5.74) is -0.0797. The maximum absolute atomic E-state index is 12.2. The van der Waals surface area contributed by atoms with E-state index in [9.17, 15) is 10.1 Å². The Morgan fingerprint density at radius 2 is 2.24 bits per heavy atom. The summed E-state index contributed by atoms with van der Waals surface area (Å²) >= 11 is 0. The van der Waals surface area contributed by atoms with Gasteiger partial charge in [0.15, 0.2) is 0 Å². The van der Waals surface area contributed by atoms with Crippen LogP contribution in [0.4, 0.5) is 0 Å². The van der Waals surface area contributed by atoms with E-state index < -0.39 is 5.54 Å². The lowest BCUT2D eigenvalue weighted by atomic mass is 9.97. The zero-order valence-corrected chi connectivity index (χ0v) is 9.89. The van der Waals surface area contributed by atoms with E-state index in [1.54, 1.807) is 36.5 Å². The Kier molecular flexibility index (Phi) is 3.10. The molecule has 0 N–H and O–H groups in total. The molecule has 1 fully saturated rings. The van der Waals surface area contributed by atoms with E-state index in [0.717, 1.165) is 25.7 Å². The van der Waals surface area contributed by atoms with Gasteiger partial charge in [-0.15, -0.1) is 0 Å². The first-order chi connectivity index (χ1) is 8.19. The van der Waals surface area contributed by atoms with Crippen molar-refractivity contribution < 1.29 is 4.79 Å². The second kappa shape index (κ2) is 4.54. The molecule has 88 valence electrons. The summed E-state index contributed by atoms with van der Waals surface area (Å²) in [6.07, 6.45) is 6.74. The van der Waals surface area contributed by atoms with Crippen molar-refractivity contribution in [1.82, 2.24) is 9.88 Å². The van der Waals surface area contributed by atoms with Crippen LogP contribution in [0.1, 0.15) is 36.0 Å². The third-order valence-electron chi connectivity index (χ3n) is 3.49. The molecule has 0 unspecified atom stereocenters. The lowest BCUT2D eigenvalue weighted by Gasteiger charge is -2.32. The van der Waals surface area contributed by atoms with Crippen molar-refractivity contribution >= 4 is 5.91 Å². The summed E-state index contributed by atoms with van der Waals surface area (Å²) < 4.78 is 0. The van der Waals surface area contributed by atoms with Gasteiger partial charge in [0, 0.05) is 19.4 Å². The minimum Gasteiger partial charge on any atom is -0.323 e. The smallest absolute Gasteiger partial charge is 0.256 e. The molecule has 0 spiro atoms. The summed E-state index contributed by atoms with van der Waals surface area (Å²) in [4.78, 5) is 17.7. The maximum atomic E-state index is 12.2. The van der Waals surface area contributed by atoms with Gasteiger partial charge in [-0.05, 0) is 37.8 Å². The van der Waals surface area contributed by atoms with E-state index in [1.165, 1.54) is 0 Å². The monoisotopic (exact) mass is 229 g/mol. The number of pyridine rings is 1. The van der Waals surface area contributed by atoms with E-state index in [2.05, 4.69) is 11.1 Å². The van der Waals surface area contributed by atoms with E-state index in [0.29, 0.717) is 5.56 Å². The molecule has 0 aromatic carbocycles. The van der Waals surface area contributed by atoms with Crippen molar-refractivity contribution in [3.8, 4) is 6.07 Å². The summed E-state index contributed by atoms with van der Waals surface area (Å²) in [6, 6.07) is 5.77. The molecule has 0 atom stereocenters. The molecule has 1 amide bonds. The molecule has 1 aromatic rings. The van der Waals surface area contributed by atoms with Gasteiger partial charge in [0.05, 0.1) is 11.6 Å². The second-order valence-corrected chi connectivity index (χ2v) is 4.46. The molecule has 0 bridgehead atoms. The number of carbonyl (C=O) groups is 1. The third kappa shape index (κ3) is 2.01. The van der Waals surface area contributed by atoms with Crippen LogP contribution in [0, 0.1) is 11.3 Å². The quantitative estimate of drug-likeness (QED) is 0.779. The van der Waals surface area contributed by atoms with Crippen molar-refractivity contribution in [3.63, 3.8) is 0 Å². The molecule has 1 aliphatic carbocycles. The van der Waals surface area contributed by atoms with Gasteiger partial charge in [0.1, 0.15) is 5.54 Å². The first kappa shape index (κ1) is 11.6. The molecular formula is C13H15N3O. The Balaban J connectivity index is 2.23. The largest absolute Gasteiger partial charge is 0.323 e. The van der Waals surface area contributed by atoms with Gasteiger partial charge in [0.2, 0.25) is 0 Å². The first-order valence-corrected chi connectivity index (χ1v) is 5.79. The predicted octanol–water partition coefficient (Wildman–Crippen LogP) is 1.99. The van der Waals surface area contributed by atoms with Crippen LogP contribution in [-0.2, 0) is 0 Å². The third-order valence-corrected chi connectivity index (χ3v) is 3.49. The summed E-state index contributed by atoms with van der Waals surface area (Å²) in [6.45, 7) is 0. The Labute approximate surface area is 101 Å². The number of hydrogen-bond acceptors (Lipinski definition) is 3. The van der Waals surface area contributed by atoms with Crippen molar-refractivity contribution in [2.45, 2.75) is 31.2 Å². The van der Waals surface area contributed by atoms with Gasteiger partial charge >= 0.3 is 0 Å². The number of carbonyl (C=O) groups excluding carboxylic acids is 1. The van der Waals surface area contributed by atoms with Crippen LogP contribution in [0.3, 0.4) is 0 Å². The van der Waals surface area contributed by atoms with E-state index in [1.807, 2.05) is 0 Å². The van der Waals surface area contributed by atoms with Crippen molar-refractivity contribution in [1.29, 1.82) is 5.26 Å². The normalized spacial score (nSPS) is 17.4. The van der Waals surface area contributed by atoms with Gasteiger partial charge in [-0.3, -0.25) is 9.78 Å². The van der Waals surface area contributed by atoms with Crippen LogP contribution in [0.5, 0.6) is 0 Å². The minimum absolute atomic E-state index is 0.124. The fourth-order valence-corrected chi connectivity index (χ4v) is 2.36. The highest BCUT2D eigenvalue weighted by Crippen LogP contribution is 2.34. The van der Waals surface area contributed by atoms with E-state index in [-0.39, 0.29) is 5.91 Å². The SMILES string of the molecule is CN(C(=O)c1cccnc1)C1(C#N)CCCC1. The highest BCUT2D eigenvalue weighted by Gasteiger charge is 2.40. The van der Waals surface area contributed by atoms with Gasteiger partial charge < -0.3 is 4.90 Å². The Morgan fingerprint density at radius 3 is 2.76 bits per heavy atom. The average Bonchev–Trinajstić information content (AvgIpc) is 2.88. The van der Waals surface area contributed by atoms with Crippen LogP contribution < -0.4 is 0 Å². The Hall–Kier alpha value is -1.89. The van der Waals surface area contributed by atoms with Crippen LogP contribution in [0.25, 0.3) is 0 Å². The molecule has 17 heavy (non-hydrogen) atoms. The highest BCUT2D eigenvalue weighted by atomic mass is 16.2. The Bertz CT molecular complexity index is 443. The lowest BCUT2D eigenvalue weighted by Crippen LogP contribution is -2.46. The van der Waals surface area contributed by atoms with Gasteiger partial charge in [-0.25, -0.2) is 0 Å². The van der Waals surface area contributed by atoms with Crippen molar-refractivity contribution in [3.05, 3.63) is 30.1 Å². The molecule has 0 aliphatic heterocycles. The number of rotatable bonds is 2. The number of aromatic nitrogens is 1. The zero-order chi connectivity index (χ0) is 12.3. The van der Waals surface area contributed by atoms with Crippen molar-refractivity contribution in [2.24, 2.45) is 0 Å². The molecular weight excluding hydrogens is 214 g/mol. The second-order valence-electron chi connectivity index (χ2n) is 4.46. The van der Waals surface area contributed by atoms with Gasteiger partial charge in [-0.2, -0.15) is 5.26 Å². The molecule has 1 heterocycles.